The van der Waals surface area contributed by atoms with Crippen LogP contribution in [-0.4, -0.2) is 36.5 Å². The van der Waals surface area contributed by atoms with E-state index in [1.807, 2.05) is 29.2 Å². The minimum Gasteiger partial charge on any atom is -0.497 e. The molecular weight excluding hydrogens is 264 g/mol. The number of methoxy groups -OCH3 is 1. The first-order valence-electron chi connectivity index (χ1n) is 7.85. The third-order valence-electron chi connectivity index (χ3n) is 4.62. The zero-order chi connectivity index (χ0) is 14.8. The van der Waals surface area contributed by atoms with Crippen molar-refractivity contribution < 1.29 is 9.53 Å². The van der Waals surface area contributed by atoms with Crippen LogP contribution in [0.3, 0.4) is 0 Å². The lowest BCUT2D eigenvalue weighted by Crippen LogP contribution is -2.43. The fourth-order valence-corrected chi connectivity index (χ4v) is 3.05. The monoisotopic (exact) mass is 288 g/mol. The molecule has 1 amide bonds. The number of nitrogens with zero attached hydrogens (tertiary/aromatic N) is 1. The Morgan fingerprint density at radius 2 is 2.00 bits per heavy atom. The van der Waals surface area contributed by atoms with E-state index in [1.54, 1.807) is 7.11 Å². The zero-order valence-electron chi connectivity index (χ0n) is 12.8. The molecule has 0 unspecified atom stereocenters. The van der Waals surface area contributed by atoms with Crippen molar-refractivity contribution in [3.05, 3.63) is 29.8 Å². The highest BCUT2D eigenvalue weighted by atomic mass is 16.5. The summed E-state index contributed by atoms with van der Waals surface area (Å²) in [5, 5.41) is 3.51. The quantitative estimate of drug-likeness (QED) is 0.872. The molecule has 0 spiro atoms. The first-order chi connectivity index (χ1) is 10.2. The summed E-state index contributed by atoms with van der Waals surface area (Å²) in [6, 6.07) is 8.43. The van der Waals surface area contributed by atoms with Gasteiger partial charge in [0.05, 0.1) is 13.2 Å². The summed E-state index contributed by atoms with van der Waals surface area (Å²) in [6.07, 6.45) is 3.54. The number of hydrogen-bond donors (Lipinski definition) is 1. The molecule has 0 radical (unpaired) electrons. The third-order valence-corrected chi connectivity index (χ3v) is 4.62. The van der Waals surface area contributed by atoms with Crippen molar-refractivity contribution in [3.63, 3.8) is 0 Å². The Labute approximate surface area is 126 Å². The van der Waals surface area contributed by atoms with Gasteiger partial charge in [0.2, 0.25) is 5.91 Å². The van der Waals surface area contributed by atoms with Crippen molar-refractivity contribution in [2.24, 2.45) is 5.92 Å². The maximum atomic E-state index is 12.5. The lowest BCUT2D eigenvalue weighted by molar-refractivity contribution is -0.130. The van der Waals surface area contributed by atoms with Crippen molar-refractivity contribution in [2.75, 3.05) is 13.7 Å². The second-order valence-electron chi connectivity index (χ2n) is 6.24. The van der Waals surface area contributed by atoms with Gasteiger partial charge in [-0.15, -0.1) is 0 Å². The van der Waals surface area contributed by atoms with Crippen LogP contribution in [0.15, 0.2) is 24.3 Å². The van der Waals surface area contributed by atoms with Gasteiger partial charge in [-0.05, 0) is 49.8 Å². The number of hydrogen-bond acceptors (Lipinski definition) is 3. The van der Waals surface area contributed by atoms with Crippen LogP contribution in [-0.2, 0) is 11.3 Å². The Balaban J connectivity index is 1.55. The van der Waals surface area contributed by atoms with Gasteiger partial charge in [0.15, 0.2) is 0 Å². The van der Waals surface area contributed by atoms with Crippen molar-refractivity contribution in [1.29, 1.82) is 0 Å². The predicted molar refractivity (Wildman–Crippen MR) is 82.1 cm³/mol. The number of ether oxygens (including phenoxy) is 1. The van der Waals surface area contributed by atoms with Gasteiger partial charge in [-0.25, -0.2) is 0 Å². The minimum absolute atomic E-state index is 0.0128. The molecule has 2 fully saturated rings. The summed E-state index contributed by atoms with van der Waals surface area (Å²) < 4.78 is 5.16. The average molecular weight is 288 g/mol. The minimum atomic E-state index is 0.0128. The fraction of sp³-hybridized carbons (Fsp3) is 0.588. The maximum Gasteiger partial charge on any atom is 0.240 e. The predicted octanol–water partition coefficient (Wildman–Crippen LogP) is 2.18. The normalized spacial score (nSPS) is 23.4. The molecule has 2 aliphatic rings. The fourth-order valence-electron chi connectivity index (χ4n) is 3.05. The van der Waals surface area contributed by atoms with Crippen molar-refractivity contribution in [3.8, 4) is 5.75 Å². The first kappa shape index (κ1) is 14.4. The molecule has 1 aromatic carbocycles. The van der Waals surface area contributed by atoms with Gasteiger partial charge in [0.25, 0.3) is 0 Å². The zero-order valence-corrected chi connectivity index (χ0v) is 12.8. The largest absolute Gasteiger partial charge is 0.497 e. The van der Waals surface area contributed by atoms with Gasteiger partial charge in [-0.2, -0.15) is 0 Å². The van der Waals surface area contributed by atoms with Crippen LogP contribution in [0.1, 0.15) is 31.7 Å². The highest BCUT2D eigenvalue weighted by Gasteiger charge is 2.35. The van der Waals surface area contributed by atoms with Gasteiger partial charge >= 0.3 is 0 Å². The smallest absolute Gasteiger partial charge is 0.240 e. The number of carbonyl (C=O) groups is 1. The second-order valence-corrected chi connectivity index (χ2v) is 6.24. The van der Waals surface area contributed by atoms with Crippen LogP contribution in [0.4, 0.5) is 0 Å². The molecule has 1 N–H and O–H groups in total. The average Bonchev–Trinajstić information content (AvgIpc) is 3.30. The Morgan fingerprint density at radius 3 is 2.62 bits per heavy atom. The molecule has 1 aromatic rings. The molecule has 4 heteroatoms. The van der Waals surface area contributed by atoms with Crippen LogP contribution in [0, 0.1) is 5.92 Å². The van der Waals surface area contributed by atoms with E-state index in [9.17, 15) is 4.79 Å². The van der Waals surface area contributed by atoms with Gasteiger partial charge < -0.3 is 15.0 Å². The van der Waals surface area contributed by atoms with E-state index in [2.05, 4.69) is 12.2 Å². The molecule has 0 bridgehead atoms. The van der Waals surface area contributed by atoms with E-state index in [1.165, 1.54) is 12.8 Å². The molecule has 3 rings (SSSR count). The van der Waals surface area contributed by atoms with E-state index < -0.39 is 0 Å². The van der Waals surface area contributed by atoms with Crippen molar-refractivity contribution >= 4 is 5.91 Å². The Kier molecular flexibility index (Phi) is 4.15. The Bertz CT molecular complexity index is 496. The number of amides is 1. The summed E-state index contributed by atoms with van der Waals surface area (Å²) in [4.78, 5) is 14.4. The molecule has 2 atom stereocenters. The highest BCUT2D eigenvalue weighted by Crippen LogP contribution is 2.33. The van der Waals surface area contributed by atoms with Crippen LogP contribution in [0.25, 0.3) is 0 Å². The van der Waals surface area contributed by atoms with Crippen LogP contribution in [0.2, 0.25) is 0 Å². The van der Waals surface area contributed by atoms with Crippen LogP contribution >= 0.6 is 0 Å². The van der Waals surface area contributed by atoms with E-state index in [0.717, 1.165) is 30.2 Å². The summed E-state index contributed by atoms with van der Waals surface area (Å²) in [5.41, 5.74) is 1.15. The lowest BCUT2D eigenvalue weighted by Gasteiger charge is -2.20. The first-order valence-corrected chi connectivity index (χ1v) is 7.85. The molecule has 1 saturated carbocycles. The van der Waals surface area contributed by atoms with E-state index in [-0.39, 0.29) is 11.9 Å². The van der Waals surface area contributed by atoms with Gasteiger partial charge in [-0.3, -0.25) is 4.79 Å². The van der Waals surface area contributed by atoms with Crippen molar-refractivity contribution in [2.45, 2.75) is 44.8 Å². The number of likely N-dealkylation sites (tertiary alicyclic amines) is 1. The molecule has 1 aliphatic carbocycles. The van der Waals surface area contributed by atoms with Gasteiger partial charge in [-0.1, -0.05) is 12.1 Å². The highest BCUT2D eigenvalue weighted by molar-refractivity contribution is 5.84. The second kappa shape index (κ2) is 6.06. The van der Waals surface area contributed by atoms with Crippen LogP contribution in [0.5, 0.6) is 5.75 Å². The van der Waals surface area contributed by atoms with Gasteiger partial charge in [0.1, 0.15) is 5.75 Å². The number of nitrogens with one attached hydrogen (secondary N) is 1. The number of benzene rings is 1. The molecule has 1 heterocycles. The number of carbonyl (C=O) groups excluding carboxylic acids is 1. The molecule has 1 aliphatic heterocycles. The lowest BCUT2D eigenvalue weighted by atomic mass is 10.1. The summed E-state index contributed by atoms with van der Waals surface area (Å²) in [5.74, 6) is 1.89. The standard InChI is InChI=1S/C17H24N2O2/c1-12(14-5-6-14)18-16-9-10-19(17(16)20)11-13-3-7-15(21-2)8-4-13/h3-4,7-8,12,14,16,18H,5-6,9-11H2,1-2H3/t12-,16-/m0/s1. The van der Waals surface area contributed by atoms with Crippen molar-refractivity contribution in [1.82, 2.24) is 10.2 Å². The molecule has 1 saturated heterocycles. The summed E-state index contributed by atoms with van der Waals surface area (Å²) in [6.45, 7) is 3.75. The maximum absolute atomic E-state index is 12.5. The van der Waals surface area contributed by atoms with Gasteiger partial charge in [0, 0.05) is 19.1 Å². The molecular formula is C17H24N2O2. The molecule has 114 valence electrons. The Hall–Kier alpha value is -1.55. The third kappa shape index (κ3) is 3.38. The topological polar surface area (TPSA) is 41.6 Å². The Morgan fingerprint density at radius 1 is 1.29 bits per heavy atom. The van der Waals surface area contributed by atoms with E-state index in [4.69, 9.17) is 4.74 Å². The number of rotatable bonds is 6. The molecule has 0 aromatic heterocycles. The summed E-state index contributed by atoms with van der Waals surface area (Å²) in [7, 11) is 1.66. The molecule has 21 heavy (non-hydrogen) atoms. The molecule has 4 nitrogen and oxygen atoms in total. The SMILES string of the molecule is COc1ccc(CN2CC[C@H](N[C@@H](C)C3CC3)C2=O)cc1. The van der Waals surface area contributed by atoms with E-state index in [0.29, 0.717) is 12.6 Å². The summed E-state index contributed by atoms with van der Waals surface area (Å²) >= 11 is 0. The van der Waals surface area contributed by atoms with Crippen LogP contribution < -0.4 is 10.1 Å². The van der Waals surface area contributed by atoms with E-state index >= 15 is 0 Å².